The Kier molecular flexibility index (Phi) is 11.6. The lowest BCUT2D eigenvalue weighted by Crippen LogP contribution is -2.22. The topological polar surface area (TPSA) is 102 Å². The maximum atomic E-state index is 9.10. The van der Waals surface area contributed by atoms with Gasteiger partial charge in [0.1, 0.15) is 0 Å². The molecule has 0 aliphatic heterocycles. The number of hydrogen-bond donors (Lipinski definition) is 2. The molecule has 0 amide bonds. The highest BCUT2D eigenvalue weighted by Gasteiger charge is 2.12. The van der Waals surface area contributed by atoms with E-state index < -0.39 is 11.9 Å². The number of nitrogens with zero attached hydrogens (tertiary/aromatic N) is 2. The lowest BCUT2D eigenvalue weighted by Gasteiger charge is -2.19. The molecule has 0 radical (unpaired) electrons. The van der Waals surface area contributed by atoms with E-state index >= 15 is 0 Å². The fraction of sp³-hybridized carbons (Fsp3) is 0.227. The fourth-order valence-corrected chi connectivity index (χ4v) is 4.12. The van der Waals surface area contributed by atoms with Crippen LogP contribution in [0.4, 0.5) is 0 Å². The standard InChI is InChI=1S/C20H19Cl3N2OS.C2H2O4/c21-17-4-1-15(2-5-17)12-27-13-19(10-25-8-7-24-14-25)26-11-16-3-6-18(22)9-20(16)23;3-1(4)2(5)6/h1-9,14,19H,10-13H2;(H,3,4)(H,5,6). The second kappa shape index (κ2) is 14.1. The molecule has 11 heteroatoms. The van der Waals surface area contributed by atoms with Gasteiger partial charge in [-0.15, -0.1) is 0 Å². The quantitative estimate of drug-likeness (QED) is 0.351. The summed E-state index contributed by atoms with van der Waals surface area (Å²) in [7, 11) is 0. The molecule has 0 saturated carbocycles. The molecule has 0 bridgehead atoms. The summed E-state index contributed by atoms with van der Waals surface area (Å²) in [6, 6.07) is 13.4. The molecule has 2 N–H and O–H groups in total. The van der Waals surface area contributed by atoms with E-state index in [2.05, 4.69) is 17.1 Å². The number of thioether (sulfide) groups is 1. The zero-order valence-corrected chi connectivity index (χ0v) is 20.3. The Hall–Kier alpha value is -2.23. The molecule has 1 unspecified atom stereocenters. The minimum Gasteiger partial charge on any atom is -0.473 e. The van der Waals surface area contributed by atoms with Crippen molar-refractivity contribution in [1.82, 2.24) is 9.55 Å². The molecule has 1 atom stereocenters. The van der Waals surface area contributed by atoms with Gasteiger partial charge >= 0.3 is 11.9 Å². The van der Waals surface area contributed by atoms with Crippen LogP contribution in [0.5, 0.6) is 0 Å². The van der Waals surface area contributed by atoms with Gasteiger partial charge in [0.2, 0.25) is 0 Å². The summed E-state index contributed by atoms with van der Waals surface area (Å²) >= 11 is 20.0. The van der Waals surface area contributed by atoms with E-state index in [0.717, 1.165) is 28.6 Å². The lowest BCUT2D eigenvalue weighted by molar-refractivity contribution is -0.159. The molecule has 0 spiro atoms. The highest BCUT2D eigenvalue weighted by atomic mass is 35.5. The van der Waals surface area contributed by atoms with Crippen molar-refractivity contribution in [3.05, 3.63) is 87.4 Å². The Morgan fingerprint density at radius 3 is 2.27 bits per heavy atom. The first-order chi connectivity index (χ1) is 15.7. The average Bonchev–Trinajstić information content (AvgIpc) is 3.28. The molecular formula is C22H21Cl3N2O5S. The molecule has 1 aromatic heterocycles. The van der Waals surface area contributed by atoms with Crippen LogP contribution in [-0.4, -0.2) is 43.6 Å². The monoisotopic (exact) mass is 530 g/mol. The fourth-order valence-electron chi connectivity index (χ4n) is 2.52. The molecule has 0 fully saturated rings. The van der Waals surface area contributed by atoms with Crippen molar-refractivity contribution in [2.75, 3.05) is 5.75 Å². The second-order valence-corrected chi connectivity index (χ2v) is 8.99. The van der Waals surface area contributed by atoms with Gasteiger partial charge < -0.3 is 19.5 Å². The number of rotatable bonds is 9. The predicted molar refractivity (Wildman–Crippen MR) is 130 cm³/mol. The molecule has 3 aromatic rings. The van der Waals surface area contributed by atoms with Crippen molar-refractivity contribution < 1.29 is 24.5 Å². The van der Waals surface area contributed by atoms with E-state index in [1.807, 2.05) is 46.8 Å². The third-order valence-corrected chi connectivity index (χ3v) is 6.12. The van der Waals surface area contributed by atoms with Crippen LogP contribution in [0.25, 0.3) is 0 Å². The maximum absolute atomic E-state index is 9.10. The number of hydrogen-bond acceptors (Lipinski definition) is 5. The number of carboxylic acids is 2. The smallest absolute Gasteiger partial charge is 0.414 e. The van der Waals surface area contributed by atoms with Crippen LogP contribution in [-0.2, 0) is 33.2 Å². The molecule has 2 aromatic carbocycles. The van der Waals surface area contributed by atoms with Gasteiger partial charge in [-0.05, 0) is 35.4 Å². The molecule has 0 saturated heterocycles. The van der Waals surface area contributed by atoms with E-state index in [1.165, 1.54) is 5.56 Å². The largest absolute Gasteiger partial charge is 0.473 e. The average molecular weight is 532 g/mol. The number of benzene rings is 2. The Morgan fingerprint density at radius 2 is 1.70 bits per heavy atom. The number of carboxylic acid groups (broad SMARTS) is 2. The van der Waals surface area contributed by atoms with E-state index in [1.54, 1.807) is 18.6 Å². The maximum Gasteiger partial charge on any atom is 0.414 e. The van der Waals surface area contributed by atoms with Crippen molar-refractivity contribution >= 4 is 58.5 Å². The van der Waals surface area contributed by atoms with Crippen LogP contribution in [0.1, 0.15) is 11.1 Å². The molecular weight excluding hydrogens is 511 g/mol. The highest BCUT2D eigenvalue weighted by Crippen LogP contribution is 2.23. The summed E-state index contributed by atoms with van der Waals surface area (Å²) in [5.74, 6) is -1.89. The summed E-state index contributed by atoms with van der Waals surface area (Å²) < 4.78 is 8.19. The SMILES string of the molecule is Clc1ccc(CSCC(Cn2ccnc2)OCc2ccc(Cl)cc2Cl)cc1.O=C(O)C(=O)O. The van der Waals surface area contributed by atoms with Crippen LogP contribution >= 0.6 is 46.6 Å². The van der Waals surface area contributed by atoms with Gasteiger partial charge in [0, 0.05) is 39.0 Å². The van der Waals surface area contributed by atoms with Crippen molar-refractivity contribution in [3.8, 4) is 0 Å². The summed E-state index contributed by atoms with van der Waals surface area (Å²) in [4.78, 5) is 22.3. The van der Waals surface area contributed by atoms with Crippen LogP contribution in [0.2, 0.25) is 15.1 Å². The molecule has 3 rings (SSSR count). The zero-order chi connectivity index (χ0) is 24.2. The lowest BCUT2D eigenvalue weighted by atomic mass is 10.2. The number of aliphatic carboxylic acids is 2. The van der Waals surface area contributed by atoms with Gasteiger partial charge in [-0.3, -0.25) is 0 Å². The first kappa shape index (κ1) is 27.0. The predicted octanol–water partition coefficient (Wildman–Crippen LogP) is 5.52. The van der Waals surface area contributed by atoms with Crippen LogP contribution in [0.15, 0.2) is 61.2 Å². The van der Waals surface area contributed by atoms with E-state index in [9.17, 15) is 0 Å². The second-order valence-electron chi connectivity index (χ2n) is 6.68. The van der Waals surface area contributed by atoms with E-state index in [4.69, 9.17) is 59.3 Å². The minimum atomic E-state index is -1.82. The number of imidazole rings is 1. The summed E-state index contributed by atoms with van der Waals surface area (Å²) in [5, 5.41) is 16.8. The van der Waals surface area contributed by atoms with Crippen molar-refractivity contribution in [2.24, 2.45) is 0 Å². The molecule has 7 nitrogen and oxygen atoms in total. The molecule has 33 heavy (non-hydrogen) atoms. The minimum absolute atomic E-state index is 0.0308. The Balaban J connectivity index is 0.000000569. The third-order valence-electron chi connectivity index (χ3n) is 4.13. The zero-order valence-electron chi connectivity index (χ0n) is 17.2. The normalized spacial score (nSPS) is 11.4. The molecule has 176 valence electrons. The molecule has 1 heterocycles. The molecule has 0 aliphatic carbocycles. The van der Waals surface area contributed by atoms with Crippen LogP contribution in [0, 0.1) is 0 Å². The summed E-state index contributed by atoms with van der Waals surface area (Å²) in [5.41, 5.74) is 2.17. The number of aromatic nitrogens is 2. The van der Waals surface area contributed by atoms with Gasteiger partial charge in [0.15, 0.2) is 0 Å². The number of carbonyl (C=O) groups is 2. The van der Waals surface area contributed by atoms with E-state index in [0.29, 0.717) is 16.7 Å². The number of ether oxygens (including phenoxy) is 1. The van der Waals surface area contributed by atoms with Crippen molar-refractivity contribution in [3.63, 3.8) is 0 Å². The van der Waals surface area contributed by atoms with Crippen LogP contribution < -0.4 is 0 Å². The van der Waals surface area contributed by atoms with Gasteiger partial charge in [-0.2, -0.15) is 11.8 Å². The number of halogens is 3. The van der Waals surface area contributed by atoms with Crippen molar-refractivity contribution in [1.29, 1.82) is 0 Å². The molecule has 0 aliphatic rings. The van der Waals surface area contributed by atoms with Gasteiger partial charge in [0.25, 0.3) is 0 Å². The Labute approximate surface area is 210 Å². The third kappa shape index (κ3) is 10.5. The van der Waals surface area contributed by atoms with Crippen molar-refractivity contribution in [2.45, 2.75) is 25.0 Å². The van der Waals surface area contributed by atoms with E-state index in [-0.39, 0.29) is 6.10 Å². The first-order valence-corrected chi connectivity index (χ1v) is 11.8. The summed E-state index contributed by atoms with van der Waals surface area (Å²) in [6.45, 7) is 1.18. The van der Waals surface area contributed by atoms with Gasteiger partial charge in [-0.25, -0.2) is 14.6 Å². The van der Waals surface area contributed by atoms with Gasteiger partial charge in [0.05, 0.1) is 25.6 Å². The summed E-state index contributed by atoms with van der Waals surface area (Å²) in [6.07, 6.45) is 5.54. The Morgan fingerprint density at radius 1 is 1.03 bits per heavy atom. The Bertz CT molecular complexity index is 1020. The van der Waals surface area contributed by atoms with Crippen LogP contribution in [0.3, 0.4) is 0 Å². The van der Waals surface area contributed by atoms with Gasteiger partial charge in [-0.1, -0.05) is 53.0 Å². The highest BCUT2D eigenvalue weighted by molar-refractivity contribution is 7.98. The first-order valence-electron chi connectivity index (χ1n) is 9.54.